The lowest BCUT2D eigenvalue weighted by Gasteiger charge is -2.07. The molecule has 3 aromatic carbocycles. The highest BCUT2D eigenvalue weighted by Gasteiger charge is 2.15. The summed E-state index contributed by atoms with van der Waals surface area (Å²) < 4.78 is 1.84. The molecule has 0 aliphatic carbocycles. The van der Waals surface area contributed by atoms with E-state index in [0.29, 0.717) is 5.56 Å². The Balaban J connectivity index is 1.75. The first-order chi connectivity index (χ1) is 13.4. The van der Waals surface area contributed by atoms with E-state index in [1.165, 1.54) is 0 Å². The summed E-state index contributed by atoms with van der Waals surface area (Å²) in [5.74, 6) is -0.144. The minimum atomic E-state index is -0.144. The molecule has 1 amide bonds. The Morgan fingerprint density at radius 3 is 2.46 bits per heavy atom. The van der Waals surface area contributed by atoms with Gasteiger partial charge in [-0.2, -0.15) is 5.10 Å². The summed E-state index contributed by atoms with van der Waals surface area (Å²) in [6, 6.07) is 19.2. The van der Waals surface area contributed by atoms with Gasteiger partial charge in [-0.05, 0) is 61.9 Å². The summed E-state index contributed by atoms with van der Waals surface area (Å²) in [5, 5.41) is 8.58. The molecule has 0 fully saturated rings. The monoisotopic (exact) mass is 370 g/mol. The van der Waals surface area contributed by atoms with E-state index in [0.717, 1.165) is 44.7 Å². The van der Waals surface area contributed by atoms with Crippen molar-refractivity contribution in [2.24, 2.45) is 7.05 Å². The number of carbonyl (C=O) groups is 1. The Labute approximate surface area is 163 Å². The Bertz CT molecular complexity index is 1190. The molecule has 5 heteroatoms. The first kappa shape index (κ1) is 17.8. The molecule has 0 saturated heterocycles. The van der Waals surface area contributed by atoms with Crippen molar-refractivity contribution in [3.63, 3.8) is 0 Å². The Hall–Kier alpha value is -3.60. The van der Waals surface area contributed by atoms with Gasteiger partial charge in [0.2, 0.25) is 0 Å². The fraction of sp³-hybridized carbons (Fsp3) is 0.130. The van der Waals surface area contributed by atoms with Crippen molar-refractivity contribution in [2.75, 3.05) is 11.1 Å². The molecule has 140 valence electrons. The predicted molar refractivity (Wildman–Crippen MR) is 114 cm³/mol. The Morgan fingerprint density at radius 2 is 1.75 bits per heavy atom. The Kier molecular flexibility index (Phi) is 4.35. The number of rotatable bonds is 3. The molecule has 0 atom stereocenters. The molecule has 1 aromatic heterocycles. The first-order valence-corrected chi connectivity index (χ1v) is 9.13. The average molecular weight is 370 g/mol. The number of aryl methyl sites for hydroxylation is 3. The number of anilines is 2. The number of nitrogens with two attached hydrogens (primary N) is 1. The number of hydrogen-bond donors (Lipinski definition) is 2. The standard InChI is InChI=1S/C23H22N4O/c1-14-4-8-18(9-5-14)25-23(28)16-6-11-21-20(13-16)22(26-27(21)3)19-10-7-17(24)12-15(19)2/h4-13H,24H2,1-3H3,(H,25,28). The third kappa shape index (κ3) is 3.22. The second-order valence-corrected chi connectivity index (χ2v) is 7.10. The van der Waals surface area contributed by atoms with Crippen LogP contribution in [0.1, 0.15) is 21.5 Å². The second kappa shape index (κ2) is 6.85. The van der Waals surface area contributed by atoms with Gasteiger partial charge in [-0.1, -0.05) is 23.8 Å². The molecule has 0 spiro atoms. The highest BCUT2D eigenvalue weighted by molar-refractivity contribution is 6.07. The molecule has 4 aromatic rings. The van der Waals surface area contributed by atoms with Crippen LogP contribution in [0.4, 0.5) is 11.4 Å². The lowest BCUT2D eigenvalue weighted by Crippen LogP contribution is -2.11. The van der Waals surface area contributed by atoms with Crippen LogP contribution < -0.4 is 11.1 Å². The lowest BCUT2D eigenvalue weighted by molar-refractivity contribution is 0.102. The van der Waals surface area contributed by atoms with Crippen LogP contribution in [0, 0.1) is 13.8 Å². The number of amides is 1. The quantitative estimate of drug-likeness (QED) is 0.514. The van der Waals surface area contributed by atoms with E-state index < -0.39 is 0 Å². The third-order valence-electron chi connectivity index (χ3n) is 4.93. The number of nitrogens with zero attached hydrogens (tertiary/aromatic N) is 2. The summed E-state index contributed by atoms with van der Waals surface area (Å²) in [6.45, 7) is 4.03. The zero-order valence-corrected chi connectivity index (χ0v) is 16.2. The maximum Gasteiger partial charge on any atom is 0.255 e. The van der Waals surface area contributed by atoms with E-state index in [1.54, 1.807) is 0 Å². The lowest BCUT2D eigenvalue weighted by atomic mass is 10.0. The van der Waals surface area contributed by atoms with Gasteiger partial charge in [0.1, 0.15) is 5.69 Å². The van der Waals surface area contributed by atoms with Crippen molar-refractivity contribution in [3.05, 3.63) is 77.4 Å². The number of nitrogen functional groups attached to an aromatic ring is 1. The summed E-state index contributed by atoms with van der Waals surface area (Å²) in [6.07, 6.45) is 0. The summed E-state index contributed by atoms with van der Waals surface area (Å²) in [5.41, 5.74) is 13.0. The van der Waals surface area contributed by atoms with Crippen molar-refractivity contribution >= 4 is 28.2 Å². The Morgan fingerprint density at radius 1 is 1.00 bits per heavy atom. The molecular weight excluding hydrogens is 348 g/mol. The number of fused-ring (bicyclic) bond motifs is 1. The molecular formula is C23H22N4O. The highest BCUT2D eigenvalue weighted by atomic mass is 16.1. The van der Waals surface area contributed by atoms with Crippen LogP contribution in [0.3, 0.4) is 0 Å². The molecule has 1 heterocycles. The van der Waals surface area contributed by atoms with Crippen LogP contribution in [0.15, 0.2) is 60.7 Å². The molecule has 5 nitrogen and oxygen atoms in total. The zero-order chi connectivity index (χ0) is 19.8. The molecule has 28 heavy (non-hydrogen) atoms. The van der Waals surface area contributed by atoms with Crippen LogP contribution in [0.5, 0.6) is 0 Å². The van der Waals surface area contributed by atoms with E-state index >= 15 is 0 Å². The van der Waals surface area contributed by atoms with Crippen molar-refractivity contribution in [1.29, 1.82) is 0 Å². The van der Waals surface area contributed by atoms with Gasteiger partial charge in [0.25, 0.3) is 5.91 Å². The van der Waals surface area contributed by atoms with Gasteiger partial charge < -0.3 is 11.1 Å². The molecule has 3 N–H and O–H groups in total. The molecule has 0 aliphatic rings. The van der Waals surface area contributed by atoms with E-state index in [4.69, 9.17) is 5.73 Å². The SMILES string of the molecule is Cc1ccc(NC(=O)c2ccc3c(c2)c(-c2ccc(N)cc2C)nn3C)cc1. The molecule has 0 radical (unpaired) electrons. The van der Waals surface area contributed by atoms with Gasteiger partial charge in [-0.3, -0.25) is 9.48 Å². The zero-order valence-electron chi connectivity index (χ0n) is 16.2. The summed E-state index contributed by atoms with van der Waals surface area (Å²) in [4.78, 5) is 12.8. The van der Waals surface area contributed by atoms with Crippen LogP contribution in [-0.2, 0) is 7.05 Å². The minimum absolute atomic E-state index is 0.144. The average Bonchev–Trinajstić information content (AvgIpc) is 2.99. The molecule has 4 rings (SSSR count). The van der Waals surface area contributed by atoms with E-state index in [2.05, 4.69) is 10.4 Å². The number of hydrogen-bond acceptors (Lipinski definition) is 3. The van der Waals surface area contributed by atoms with Gasteiger partial charge in [-0.15, -0.1) is 0 Å². The number of carbonyl (C=O) groups excluding carboxylic acids is 1. The minimum Gasteiger partial charge on any atom is -0.399 e. The van der Waals surface area contributed by atoms with E-state index in [1.807, 2.05) is 86.2 Å². The van der Waals surface area contributed by atoms with Gasteiger partial charge in [0, 0.05) is 34.9 Å². The van der Waals surface area contributed by atoms with Gasteiger partial charge in [-0.25, -0.2) is 0 Å². The fourth-order valence-corrected chi connectivity index (χ4v) is 3.40. The van der Waals surface area contributed by atoms with Crippen molar-refractivity contribution in [1.82, 2.24) is 9.78 Å². The maximum atomic E-state index is 12.8. The van der Waals surface area contributed by atoms with E-state index in [9.17, 15) is 4.79 Å². The topological polar surface area (TPSA) is 72.9 Å². The maximum absolute atomic E-state index is 12.8. The van der Waals surface area contributed by atoms with Crippen LogP contribution in [-0.4, -0.2) is 15.7 Å². The molecule has 0 saturated carbocycles. The highest BCUT2D eigenvalue weighted by Crippen LogP contribution is 2.31. The largest absolute Gasteiger partial charge is 0.399 e. The van der Waals surface area contributed by atoms with Gasteiger partial charge >= 0.3 is 0 Å². The first-order valence-electron chi connectivity index (χ1n) is 9.13. The van der Waals surface area contributed by atoms with Crippen LogP contribution in [0.2, 0.25) is 0 Å². The van der Waals surface area contributed by atoms with Gasteiger partial charge in [0.05, 0.1) is 5.52 Å². The molecule has 0 aliphatic heterocycles. The normalized spacial score (nSPS) is 11.0. The fourth-order valence-electron chi connectivity index (χ4n) is 3.40. The third-order valence-corrected chi connectivity index (χ3v) is 4.93. The van der Waals surface area contributed by atoms with E-state index in [-0.39, 0.29) is 5.91 Å². The molecule has 0 unspecified atom stereocenters. The van der Waals surface area contributed by atoms with Crippen LogP contribution in [0.25, 0.3) is 22.2 Å². The smallest absolute Gasteiger partial charge is 0.255 e. The van der Waals surface area contributed by atoms with Crippen molar-refractivity contribution < 1.29 is 4.79 Å². The van der Waals surface area contributed by atoms with Crippen molar-refractivity contribution in [3.8, 4) is 11.3 Å². The van der Waals surface area contributed by atoms with Gasteiger partial charge in [0.15, 0.2) is 0 Å². The van der Waals surface area contributed by atoms with Crippen molar-refractivity contribution in [2.45, 2.75) is 13.8 Å². The summed E-state index contributed by atoms with van der Waals surface area (Å²) >= 11 is 0. The predicted octanol–water partition coefficient (Wildman–Crippen LogP) is 4.69. The molecule has 0 bridgehead atoms. The number of nitrogens with one attached hydrogen (secondary N) is 1. The second-order valence-electron chi connectivity index (χ2n) is 7.10. The number of aromatic nitrogens is 2. The van der Waals surface area contributed by atoms with Crippen LogP contribution >= 0.6 is 0 Å². The summed E-state index contributed by atoms with van der Waals surface area (Å²) in [7, 11) is 1.91. The number of benzene rings is 3.